The van der Waals surface area contributed by atoms with E-state index in [9.17, 15) is 0 Å². The fraction of sp³-hybridized carbons (Fsp3) is 0.571. The zero-order valence-electron chi connectivity index (χ0n) is 10.0. The summed E-state index contributed by atoms with van der Waals surface area (Å²) < 4.78 is 0. The number of rotatable bonds is 1. The second-order valence-electron chi connectivity index (χ2n) is 5.36. The maximum atomic E-state index is 3.58. The van der Waals surface area contributed by atoms with Crippen LogP contribution in [0.4, 0.5) is 0 Å². The lowest BCUT2D eigenvalue weighted by atomic mass is 9.74. The summed E-state index contributed by atoms with van der Waals surface area (Å²) in [6.07, 6.45) is 1.20. The van der Waals surface area contributed by atoms with E-state index in [1.165, 1.54) is 17.5 Å². The molecule has 1 nitrogen and oxygen atoms in total. The summed E-state index contributed by atoms with van der Waals surface area (Å²) in [5.74, 6) is 0.719. The SMILES string of the molecule is CC(C)[C@]1(C)CNCc2ccccc2C1. The Morgan fingerprint density at radius 1 is 1.20 bits per heavy atom. The molecule has 1 aromatic rings. The lowest BCUT2D eigenvalue weighted by Gasteiger charge is -2.32. The second-order valence-corrected chi connectivity index (χ2v) is 5.36. The molecule has 1 aliphatic rings. The Hall–Kier alpha value is -0.820. The fourth-order valence-electron chi connectivity index (χ4n) is 2.29. The van der Waals surface area contributed by atoms with E-state index in [-0.39, 0.29) is 0 Å². The van der Waals surface area contributed by atoms with Crippen LogP contribution in [0, 0.1) is 11.3 Å². The molecule has 0 saturated carbocycles. The van der Waals surface area contributed by atoms with E-state index in [2.05, 4.69) is 50.4 Å². The molecule has 1 N–H and O–H groups in total. The largest absolute Gasteiger partial charge is 0.312 e. The molecule has 1 aliphatic heterocycles. The fourth-order valence-corrected chi connectivity index (χ4v) is 2.29. The standard InChI is InChI=1S/C14H21N/c1-11(2)14(3)8-12-6-4-5-7-13(12)9-15-10-14/h4-7,11,15H,8-10H2,1-3H3/t14-/m0/s1. The van der Waals surface area contributed by atoms with Crippen molar-refractivity contribution in [2.75, 3.05) is 6.54 Å². The lowest BCUT2D eigenvalue weighted by molar-refractivity contribution is 0.213. The smallest absolute Gasteiger partial charge is 0.0208 e. The Kier molecular flexibility index (Phi) is 2.83. The molecule has 15 heavy (non-hydrogen) atoms. The minimum absolute atomic E-state index is 0.395. The van der Waals surface area contributed by atoms with Crippen molar-refractivity contribution >= 4 is 0 Å². The van der Waals surface area contributed by atoms with Crippen LogP contribution < -0.4 is 5.32 Å². The molecule has 0 amide bonds. The first-order valence-electron chi connectivity index (χ1n) is 5.89. The predicted molar refractivity (Wildman–Crippen MR) is 64.8 cm³/mol. The van der Waals surface area contributed by atoms with Crippen molar-refractivity contribution in [2.24, 2.45) is 11.3 Å². The topological polar surface area (TPSA) is 12.0 Å². The van der Waals surface area contributed by atoms with E-state index in [1.54, 1.807) is 0 Å². The van der Waals surface area contributed by atoms with Gasteiger partial charge >= 0.3 is 0 Å². The van der Waals surface area contributed by atoms with E-state index < -0.39 is 0 Å². The number of benzene rings is 1. The highest BCUT2D eigenvalue weighted by Gasteiger charge is 2.30. The van der Waals surface area contributed by atoms with Crippen LogP contribution in [0.15, 0.2) is 24.3 Å². The normalized spacial score (nSPS) is 26.1. The van der Waals surface area contributed by atoms with E-state index in [0.29, 0.717) is 5.41 Å². The summed E-state index contributed by atoms with van der Waals surface area (Å²) >= 11 is 0. The highest BCUT2D eigenvalue weighted by Crippen LogP contribution is 2.33. The maximum absolute atomic E-state index is 3.58. The number of hydrogen-bond donors (Lipinski definition) is 1. The quantitative estimate of drug-likeness (QED) is 0.740. The second kappa shape index (κ2) is 3.97. The van der Waals surface area contributed by atoms with Gasteiger partial charge in [0.2, 0.25) is 0 Å². The van der Waals surface area contributed by atoms with Crippen LogP contribution in [-0.4, -0.2) is 6.54 Å². The van der Waals surface area contributed by atoms with Gasteiger partial charge in [0.15, 0.2) is 0 Å². The van der Waals surface area contributed by atoms with Crippen molar-refractivity contribution < 1.29 is 0 Å². The van der Waals surface area contributed by atoms with Gasteiger partial charge in [-0.3, -0.25) is 0 Å². The molecule has 82 valence electrons. The Morgan fingerprint density at radius 2 is 1.87 bits per heavy atom. The number of hydrogen-bond acceptors (Lipinski definition) is 1. The molecule has 1 heterocycles. The maximum Gasteiger partial charge on any atom is 0.0208 e. The summed E-state index contributed by atoms with van der Waals surface area (Å²) in [4.78, 5) is 0. The average molecular weight is 203 g/mol. The van der Waals surface area contributed by atoms with Crippen LogP contribution in [0.5, 0.6) is 0 Å². The van der Waals surface area contributed by atoms with Crippen LogP contribution in [0.2, 0.25) is 0 Å². The van der Waals surface area contributed by atoms with Crippen molar-refractivity contribution in [3.8, 4) is 0 Å². The lowest BCUT2D eigenvalue weighted by Crippen LogP contribution is -2.35. The molecule has 1 heteroatoms. The summed E-state index contributed by atoms with van der Waals surface area (Å²) in [7, 11) is 0. The van der Waals surface area contributed by atoms with Gasteiger partial charge in [-0.2, -0.15) is 0 Å². The van der Waals surface area contributed by atoms with Crippen LogP contribution in [0.25, 0.3) is 0 Å². The molecule has 1 aromatic carbocycles. The van der Waals surface area contributed by atoms with Crippen LogP contribution in [0.3, 0.4) is 0 Å². The van der Waals surface area contributed by atoms with Gasteiger partial charge < -0.3 is 5.32 Å². The monoisotopic (exact) mass is 203 g/mol. The van der Waals surface area contributed by atoms with E-state index >= 15 is 0 Å². The first-order chi connectivity index (χ1) is 7.12. The first-order valence-corrected chi connectivity index (χ1v) is 5.89. The minimum Gasteiger partial charge on any atom is -0.312 e. The molecule has 0 aromatic heterocycles. The van der Waals surface area contributed by atoms with Crippen molar-refractivity contribution in [3.05, 3.63) is 35.4 Å². The van der Waals surface area contributed by atoms with Gasteiger partial charge in [0.1, 0.15) is 0 Å². The summed E-state index contributed by atoms with van der Waals surface area (Å²) in [6, 6.07) is 8.82. The van der Waals surface area contributed by atoms with Crippen LogP contribution in [0.1, 0.15) is 31.9 Å². The highest BCUT2D eigenvalue weighted by molar-refractivity contribution is 5.29. The molecule has 2 rings (SSSR count). The molecule has 0 spiro atoms. The van der Waals surface area contributed by atoms with Crippen molar-refractivity contribution in [2.45, 2.75) is 33.7 Å². The van der Waals surface area contributed by atoms with Crippen molar-refractivity contribution in [1.82, 2.24) is 5.32 Å². The summed E-state index contributed by atoms with van der Waals surface area (Å²) in [6.45, 7) is 9.20. The average Bonchev–Trinajstić information content (AvgIpc) is 2.36. The zero-order valence-corrected chi connectivity index (χ0v) is 10.0. The van der Waals surface area contributed by atoms with E-state index in [0.717, 1.165) is 19.0 Å². The predicted octanol–water partition coefficient (Wildman–Crippen LogP) is 2.99. The highest BCUT2D eigenvalue weighted by atomic mass is 14.9. The molecule has 1 atom stereocenters. The number of fused-ring (bicyclic) bond motifs is 1. The van der Waals surface area contributed by atoms with Crippen LogP contribution >= 0.6 is 0 Å². The number of nitrogens with one attached hydrogen (secondary N) is 1. The molecule has 0 saturated heterocycles. The Bertz CT molecular complexity index is 343. The Morgan fingerprint density at radius 3 is 2.53 bits per heavy atom. The molecule has 0 radical (unpaired) electrons. The van der Waals surface area contributed by atoms with Gasteiger partial charge in [-0.05, 0) is 28.9 Å². The molecular weight excluding hydrogens is 182 g/mol. The third kappa shape index (κ3) is 2.07. The van der Waals surface area contributed by atoms with Gasteiger partial charge in [-0.25, -0.2) is 0 Å². The molecule has 0 fully saturated rings. The van der Waals surface area contributed by atoms with Gasteiger partial charge in [0, 0.05) is 13.1 Å². The van der Waals surface area contributed by atoms with Crippen LogP contribution in [-0.2, 0) is 13.0 Å². The van der Waals surface area contributed by atoms with E-state index in [1.807, 2.05) is 0 Å². The molecular formula is C14H21N. The van der Waals surface area contributed by atoms with Gasteiger partial charge in [0.05, 0.1) is 0 Å². The first kappa shape index (κ1) is 10.7. The van der Waals surface area contributed by atoms with Gasteiger partial charge in [0.25, 0.3) is 0 Å². The van der Waals surface area contributed by atoms with Crippen molar-refractivity contribution in [1.29, 1.82) is 0 Å². The molecule has 0 bridgehead atoms. The summed E-state index contributed by atoms with van der Waals surface area (Å²) in [5, 5.41) is 3.58. The zero-order chi connectivity index (χ0) is 10.9. The minimum atomic E-state index is 0.395. The van der Waals surface area contributed by atoms with Gasteiger partial charge in [-0.1, -0.05) is 45.0 Å². The molecule has 0 unspecified atom stereocenters. The Labute approximate surface area is 92.9 Å². The van der Waals surface area contributed by atoms with E-state index in [4.69, 9.17) is 0 Å². The van der Waals surface area contributed by atoms with Crippen molar-refractivity contribution in [3.63, 3.8) is 0 Å². The third-order valence-electron chi connectivity index (χ3n) is 3.95. The Balaban J connectivity index is 2.32. The van der Waals surface area contributed by atoms with Gasteiger partial charge in [-0.15, -0.1) is 0 Å². The third-order valence-corrected chi connectivity index (χ3v) is 3.95. The molecule has 0 aliphatic carbocycles. The summed E-state index contributed by atoms with van der Waals surface area (Å²) in [5.41, 5.74) is 3.40.